The van der Waals surface area contributed by atoms with Gasteiger partial charge in [0.15, 0.2) is 34.5 Å². The quantitative estimate of drug-likeness (QED) is 0.0726. The maximum absolute atomic E-state index is 11.0. The molecule has 3 aliphatic heterocycles. The standard InChI is InChI=1S/C27H26O10.3C6H6O2.2C2H6/c28-11-6-17(31)22-13(1-3-35-21(22)7-11)24-19(33)9-20(34)25-14(2-4-36-27(24)25)23-18(32)8-16(30)15-5-12(29)10-37-26(15)23;3*7-5-3-1-2-4-6(5)8;2*1-2/h6-9,12-14,28-34H,1-5,10H2;3*1-4,7-8H;2*1-2H3/t12-,13+,14-;;;;;/m0...../s1. The Bertz CT molecular complexity index is 2340. The highest BCUT2D eigenvalue weighted by Gasteiger charge is 2.40. The third-order valence-electron chi connectivity index (χ3n) is 10.0. The Morgan fingerprint density at radius 3 is 1.20 bits per heavy atom. The molecule has 3 aliphatic rings. The molecule has 16 nitrogen and oxygen atoms in total. The van der Waals surface area contributed by atoms with E-state index in [1.165, 1.54) is 60.7 Å². The van der Waals surface area contributed by atoms with Crippen molar-refractivity contribution in [2.24, 2.45) is 0 Å². The molecule has 9 rings (SSSR count). The van der Waals surface area contributed by atoms with E-state index in [9.17, 15) is 35.7 Å². The van der Waals surface area contributed by atoms with Crippen LogP contribution in [-0.4, -0.2) is 92.3 Å². The summed E-state index contributed by atoms with van der Waals surface area (Å²) in [6.45, 7) is 8.42. The normalized spacial score (nSPS) is 16.0. The molecule has 0 fully saturated rings. The van der Waals surface area contributed by atoms with E-state index in [2.05, 4.69) is 0 Å². The first-order chi connectivity index (χ1) is 31.2. The molecule has 13 N–H and O–H groups in total. The van der Waals surface area contributed by atoms with Crippen LogP contribution in [0.2, 0.25) is 0 Å². The van der Waals surface area contributed by atoms with Crippen LogP contribution in [0.3, 0.4) is 0 Å². The second-order valence-corrected chi connectivity index (χ2v) is 14.1. The van der Waals surface area contributed by atoms with Crippen LogP contribution in [0.4, 0.5) is 0 Å². The molecule has 0 saturated carbocycles. The number of aliphatic hydroxyl groups is 1. The van der Waals surface area contributed by atoms with Crippen molar-refractivity contribution in [1.29, 1.82) is 0 Å². The van der Waals surface area contributed by atoms with Gasteiger partial charge in [0.25, 0.3) is 0 Å². The van der Waals surface area contributed by atoms with Crippen molar-refractivity contribution in [3.8, 4) is 86.2 Å². The molecule has 0 bridgehead atoms. The first-order valence-corrected chi connectivity index (χ1v) is 20.9. The lowest BCUT2D eigenvalue weighted by Gasteiger charge is -2.35. The molecule has 348 valence electrons. The topological polar surface area (TPSA) is 291 Å². The third-order valence-corrected chi connectivity index (χ3v) is 10.0. The monoisotopic (exact) mass is 900 g/mol. The minimum absolute atomic E-state index is 0.0171. The van der Waals surface area contributed by atoms with E-state index in [0.717, 1.165) is 0 Å². The van der Waals surface area contributed by atoms with Gasteiger partial charge in [0.05, 0.1) is 19.3 Å². The highest BCUT2D eigenvalue weighted by atomic mass is 16.5. The van der Waals surface area contributed by atoms with Crippen molar-refractivity contribution in [1.82, 2.24) is 0 Å². The smallest absolute Gasteiger partial charge is 0.157 e. The molecule has 0 aromatic heterocycles. The van der Waals surface area contributed by atoms with Crippen LogP contribution >= 0.6 is 0 Å². The van der Waals surface area contributed by atoms with Gasteiger partial charge in [-0.1, -0.05) is 64.1 Å². The van der Waals surface area contributed by atoms with Gasteiger partial charge in [-0.3, -0.25) is 0 Å². The summed E-state index contributed by atoms with van der Waals surface area (Å²) < 4.78 is 17.4. The van der Waals surface area contributed by atoms with Gasteiger partial charge in [0.2, 0.25) is 0 Å². The molecule has 6 aromatic rings. The number of rotatable bonds is 2. The van der Waals surface area contributed by atoms with Gasteiger partial charge < -0.3 is 80.6 Å². The molecule has 0 saturated heterocycles. The van der Waals surface area contributed by atoms with Crippen molar-refractivity contribution >= 4 is 0 Å². The average Bonchev–Trinajstić information content (AvgIpc) is 3.29. The molecule has 0 aliphatic carbocycles. The summed E-state index contributed by atoms with van der Waals surface area (Å²) >= 11 is 0. The summed E-state index contributed by atoms with van der Waals surface area (Å²) in [4.78, 5) is 0. The van der Waals surface area contributed by atoms with Crippen molar-refractivity contribution in [3.05, 3.63) is 125 Å². The molecule has 6 aromatic carbocycles. The van der Waals surface area contributed by atoms with Crippen LogP contribution < -0.4 is 14.2 Å². The van der Waals surface area contributed by atoms with Gasteiger partial charge in [-0.2, -0.15) is 0 Å². The van der Waals surface area contributed by atoms with E-state index in [-0.39, 0.29) is 112 Å². The van der Waals surface area contributed by atoms with Gasteiger partial charge in [-0.15, -0.1) is 0 Å². The van der Waals surface area contributed by atoms with Gasteiger partial charge in [-0.05, 0) is 49.2 Å². The summed E-state index contributed by atoms with van der Waals surface area (Å²) in [6.07, 6.45) is 0.0635. The van der Waals surface area contributed by atoms with E-state index in [1.807, 2.05) is 27.7 Å². The predicted octanol–water partition coefficient (Wildman–Crippen LogP) is 8.39. The number of aliphatic hydroxyl groups excluding tert-OH is 1. The molecule has 16 heteroatoms. The van der Waals surface area contributed by atoms with Crippen LogP contribution in [0.25, 0.3) is 0 Å². The van der Waals surface area contributed by atoms with E-state index in [0.29, 0.717) is 40.7 Å². The number of para-hydroxylation sites is 6. The highest BCUT2D eigenvalue weighted by molar-refractivity contribution is 5.69. The van der Waals surface area contributed by atoms with Crippen molar-refractivity contribution in [2.75, 3.05) is 19.8 Å². The molecule has 65 heavy (non-hydrogen) atoms. The van der Waals surface area contributed by atoms with E-state index >= 15 is 0 Å². The largest absolute Gasteiger partial charge is 0.508 e. The van der Waals surface area contributed by atoms with Crippen molar-refractivity contribution in [2.45, 2.75) is 64.9 Å². The lowest BCUT2D eigenvalue weighted by Crippen LogP contribution is -2.27. The Morgan fingerprint density at radius 2 is 0.769 bits per heavy atom. The van der Waals surface area contributed by atoms with Crippen LogP contribution in [0.15, 0.2) is 97.1 Å². The van der Waals surface area contributed by atoms with Crippen LogP contribution in [-0.2, 0) is 6.42 Å². The summed E-state index contributed by atoms with van der Waals surface area (Å²) in [5.41, 5.74) is 1.74. The van der Waals surface area contributed by atoms with E-state index in [1.54, 1.807) is 36.4 Å². The number of hydrogen-bond donors (Lipinski definition) is 13. The van der Waals surface area contributed by atoms with Gasteiger partial charge in [0.1, 0.15) is 58.4 Å². The SMILES string of the molecule is CC.CC.Oc1cc(O)c2c(c1)OCC[C@H]2c1c(O)cc(O)c2c1OCC[C@H]2c1c(O)cc(O)c2c1OC[C@@H](O)C2.Oc1ccccc1O.Oc1ccccc1O.Oc1ccccc1O. The van der Waals surface area contributed by atoms with Gasteiger partial charge in [-0.25, -0.2) is 0 Å². The number of aromatic hydroxyl groups is 12. The molecule has 3 atom stereocenters. The Kier molecular flexibility index (Phi) is 17.7. The van der Waals surface area contributed by atoms with Crippen molar-refractivity contribution in [3.63, 3.8) is 0 Å². The fraction of sp³-hybridized carbons (Fsp3) is 0.265. The van der Waals surface area contributed by atoms with Crippen LogP contribution in [0.5, 0.6) is 86.2 Å². The lowest BCUT2D eigenvalue weighted by atomic mass is 9.78. The minimum atomic E-state index is -0.810. The molecular weight excluding hydrogens is 845 g/mol. The number of phenolic OH excluding ortho intramolecular Hbond substituents is 12. The summed E-state index contributed by atoms with van der Waals surface area (Å²) in [7, 11) is 0. The summed E-state index contributed by atoms with van der Waals surface area (Å²) in [5, 5.41) is 126. The number of ether oxygens (including phenoxy) is 3. The number of fused-ring (bicyclic) bond motifs is 3. The van der Waals surface area contributed by atoms with Gasteiger partial charge in [0, 0.05) is 70.3 Å². The van der Waals surface area contributed by atoms with Crippen LogP contribution in [0, 0.1) is 0 Å². The second kappa shape index (κ2) is 23.1. The van der Waals surface area contributed by atoms with E-state index < -0.39 is 17.9 Å². The molecule has 0 radical (unpaired) electrons. The number of benzene rings is 6. The zero-order valence-electron chi connectivity index (χ0n) is 36.3. The fourth-order valence-electron chi connectivity index (χ4n) is 7.25. The number of phenols is 12. The van der Waals surface area contributed by atoms with Gasteiger partial charge >= 0.3 is 0 Å². The summed E-state index contributed by atoms with van der Waals surface area (Å²) in [6, 6.07) is 23.4. The number of hydrogen-bond acceptors (Lipinski definition) is 16. The molecule has 0 spiro atoms. The molecule has 3 heterocycles. The highest BCUT2D eigenvalue weighted by Crippen LogP contribution is 2.58. The maximum Gasteiger partial charge on any atom is 0.157 e. The van der Waals surface area contributed by atoms with Crippen LogP contribution in [0.1, 0.15) is 80.2 Å². The minimum Gasteiger partial charge on any atom is -0.508 e. The summed E-state index contributed by atoms with van der Waals surface area (Å²) in [5.74, 6) is -2.20. The first kappa shape index (κ1) is 49.9. The molecule has 0 unspecified atom stereocenters. The first-order valence-electron chi connectivity index (χ1n) is 20.9. The Balaban J connectivity index is 0.000000266. The lowest BCUT2D eigenvalue weighted by molar-refractivity contribution is 0.0894. The average molecular weight is 901 g/mol. The molecular formula is C49H56O16. The van der Waals surface area contributed by atoms with E-state index in [4.69, 9.17) is 44.8 Å². The van der Waals surface area contributed by atoms with Crippen molar-refractivity contribution < 1.29 is 80.6 Å². The fourth-order valence-corrected chi connectivity index (χ4v) is 7.25. The predicted molar refractivity (Wildman–Crippen MR) is 240 cm³/mol. The second-order valence-electron chi connectivity index (χ2n) is 14.1. The Morgan fingerprint density at radius 1 is 0.400 bits per heavy atom. The third kappa shape index (κ3) is 11.9. The Hall–Kier alpha value is -7.72. The zero-order valence-corrected chi connectivity index (χ0v) is 36.3. The molecule has 0 amide bonds. The maximum atomic E-state index is 11.0. The Labute approximate surface area is 375 Å². The zero-order chi connectivity index (χ0) is 48.0.